The van der Waals surface area contributed by atoms with E-state index >= 15 is 0 Å². The minimum Gasteiger partial charge on any atom is -0.304 e. The van der Waals surface area contributed by atoms with Crippen molar-refractivity contribution in [3.8, 4) is 0 Å². The van der Waals surface area contributed by atoms with Crippen LogP contribution >= 0.6 is 0 Å². The predicted octanol–water partition coefficient (Wildman–Crippen LogP) is 1.58. The summed E-state index contributed by atoms with van der Waals surface area (Å²) in [5.41, 5.74) is 0. The Morgan fingerprint density at radius 2 is 1.91 bits per heavy atom. The topological polar surface area (TPSA) is 17.1 Å². The fourth-order valence-corrected chi connectivity index (χ4v) is 1.94. The van der Waals surface area contributed by atoms with Gasteiger partial charge in [0.15, 0.2) is 0 Å². The Labute approximate surface area is 70.0 Å². The van der Waals surface area contributed by atoms with Crippen molar-refractivity contribution in [3.63, 3.8) is 0 Å². The Kier molecular flexibility index (Phi) is 2.75. The van der Waals surface area contributed by atoms with E-state index in [0.29, 0.717) is 5.92 Å². The highest BCUT2D eigenvalue weighted by Gasteiger charge is 2.29. The summed E-state index contributed by atoms with van der Waals surface area (Å²) in [4.78, 5) is 10.7. The molecule has 1 nitrogen and oxygen atoms in total. The van der Waals surface area contributed by atoms with Gasteiger partial charge >= 0.3 is 0 Å². The lowest BCUT2D eigenvalue weighted by Crippen LogP contribution is -2.24. The van der Waals surface area contributed by atoms with Gasteiger partial charge in [-0.25, -0.2) is 0 Å². The molecule has 1 saturated carbocycles. The molecule has 1 unspecified atom stereocenters. The molecule has 0 saturated heterocycles. The first-order chi connectivity index (χ1) is 5.17. The molecule has 0 radical (unpaired) electrons. The quantitative estimate of drug-likeness (QED) is 0.433. The van der Waals surface area contributed by atoms with Crippen LogP contribution in [0.5, 0.6) is 0 Å². The fraction of sp³-hybridized carbons (Fsp3) is 0.889. The molecule has 11 heavy (non-hydrogen) atoms. The minimum atomic E-state index is -0.0690. The third kappa shape index (κ3) is 2.08. The molecule has 0 aromatic rings. The zero-order valence-electron chi connectivity index (χ0n) is 7.60. The summed E-state index contributed by atoms with van der Waals surface area (Å²) in [5.74, 6) is 0.647. The van der Waals surface area contributed by atoms with Crippen molar-refractivity contribution in [3.05, 3.63) is 0 Å². The summed E-state index contributed by atoms with van der Waals surface area (Å²) in [6, 6.07) is 0. The standard InChI is InChI=1S/C9H17BO/c1-9(10,7-11)8-5-3-2-4-6-8/h7-8H,2-6,10H2,1H3. The molecule has 1 fully saturated rings. The molecule has 0 spiro atoms. The Balaban J connectivity index is 2.50. The average Bonchev–Trinajstić information content (AvgIpc) is 2.06. The number of carbonyl (C=O) groups is 1. The summed E-state index contributed by atoms with van der Waals surface area (Å²) in [6.45, 7) is 2.07. The molecule has 62 valence electrons. The van der Waals surface area contributed by atoms with Crippen LogP contribution in [-0.2, 0) is 4.79 Å². The Morgan fingerprint density at radius 3 is 2.36 bits per heavy atom. The van der Waals surface area contributed by atoms with Crippen LogP contribution < -0.4 is 0 Å². The van der Waals surface area contributed by atoms with Crippen LogP contribution in [0.4, 0.5) is 0 Å². The van der Waals surface area contributed by atoms with E-state index < -0.39 is 0 Å². The molecule has 0 aromatic carbocycles. The Hall–Kier alpha value is -0.265. The predicted molar refractivity (Wildman–Crippen MR) is 49.6 cm³/mol. The van der Waals surface area contributed by atoms with E-state index in [2.05, 4.69) is 14.8 Å². The minimum absolute atomic E-state index is 0.0690. The lowest BCUT2D eigenvalue weighted by molar-refractivity contribution is -0.111. The highest BCUT2D eigenvalue weighted by molar-refractivity contribution is 6.23. The Morgan fingerprint density at radius 1 is 1.36 bits per heavy atom. The SMILES string of the molecule is BC(C)(C=O)C1CCCCC1. The number of rotatable bonds is 2. The highest BCUT2D eigenvalue weighted by Crippen LogP contribution is 2.39. The maximum atomic E-state index is 10.7. The zero-order valence-corrected chi connectivity index (χ0v) is 7.60. The molecule has 0 heterocycles. The van der Waals surface area contributed by atoms with Gasteiger partial charge in [0.1, 0.15) is 14.1 Å². The van der Waals surface area contributed by atoms with Crippen molar-refractivity contribution in [2.24, 2.45) is 5.92 Å². The summed E-state index contributed by atoms with van der Waals surface area (Å²) >= 11 is 0. The number of aldehydes is 1. The van der Waals surface area contributed by atoms with Crippen molar-refractivity contribution in [1.82, 2.24) is 0 Å². The number of hydrogen-bond acceptors (Lipinski definition) is 1. The summed E-state index contributed by atoms with van der Waals surface area (Å²) in [5, 5.41) is -0.0690. The fourth-order valence-electron chi connectivity index (χ4n) is 1.94. The largest absolute Gasteiger partial charge is 0.304 e. The molecule has 2 heteroatoms. The lowest BCUT2D eigenvalue weighted by Gasteiger charge is -2.32. The molecule has 0 N–H and O–H groups in total. The molecule has 0 bridgehead atoms. The van der Waals surface area contributed by atoms with Crippen molar-refractivity contribution >= 4 is 14.1 Å². The van der Waals surface area contributed by atoms with Gasteiger partial charge in [0.05, 0.1) is 0 Å². The summed E-state index contributed by atoms with van der Waals surface area (Å²) in [6.07, 6.45) is 7.65. The van der Waals surface area contributed by atoms with Crippen LogP contribution in [0.15, 0.2) is 0 Å². The molecule has 1 rings (SSSR count). The third-order valence-electron chi connectivity index (χ3n) is 2.96. The summed E-state index contributed by atoms with van der Waals surface area (Å²) < 4.78 is 0. The van der Waals surface area contributed by atoms with Gasteiger partial charge in [-0.05, 0) is 11.2 Å². The van der Waals surface area contributed by atoms with Crippen LogP contribution in [0.25, 0.3) is 0 Å². The monoisotopic (exact) mass is 152 g/mol. The molecular weight excluding hydrogens is 135 g/mol. The van der Waals surface area contributed by atoms with Crippen molar-refractivity contribution in [2.45, 2.75) is 44.3 Å². The van der Waals surface area contributed by atoms with E-state index in [1.807, 2.05) is 0 Å². The maximum absolute atomic E-state index is 10.7. The van der Waals surface area contributed by atoms with E-state index in [-0.39, 0.29) is 5.31 Å². The van der Waals surface area contributed by atoms with Crippen LogP contribution in [0.2, 0.25) is 5.31 Å². The van der Waals surface area contributed by atoms with Gasteiger partial charge in [-0.1, -0.05) is 39.0 Å². The van der Waals surface area contributed by atoms with Crippen LogP contribution in [-0.4, -0.2) is 14.1 Å². The van der Waals surface area contributed by atoms with Gasteiger partial charge in [0, 0.05) is 0 Å². The van der Waals surface area contributed by atoms with Crippen LogP contribution in [0, 0.1) is 5.92 Å². The first-order valence-electron chi connectivity index (χ1n) is 4.63. The molecule has 1 aliphatic rings. The maximum Gasteiger partial charge on any atom is 0.118 e. The number of carbonyl (C=O) groups excluding carboxylic acids is 1. The van der Waals surface area contributed by atoms with E-state index in [0.717, 1.165) is 6.29 Å². The van der Waals surface area contributed by atoms with Gasteiger partial charge in [0.25, 0.3) is 0 Å². The summed E-state index contributed by atoms with van der Waals surface area (Å²) in [7, 11) is 2.07. The van der Waals surface area contributed by atoms with Crippen molar-refractivity contribution in [1.29, 1.82) is 0 Å². The molecule has 0 aromatic heterocycles. The third-order valence-corrected chi connectivity index (χ3v) is 2.96. The van der Waals surface area contributed by atoms with Gasteiger partial charge in [-0.15, -0.1) is 0 Å². The van der Waals surface area contributed by atoms with E-state index in [9.17, 15) is 4.79 Å². The van der Waals surface area contributed by atoms with Gasteiger partial charge < -0.3 is 4.79 Å². The van der Waals surface area contributed by atoms with Gasteiger partial charge in [-0.2, -0.15) is 0 Å². The number of hydrogen-bond donors (Lipinski definition) is 0. The van der Waals surface area contributed by atoms with E-state index in [1.54, 1.807) is 0 Å². The lowest BCUT2D eigenvalue weighted by atomic mass is 9.59. The second kappa shape index (κ2) is 3.42. The van der Waals surface area contributed by atoms with E-state index in [1.165, 1.54) is 32.1 Å². The first-order valence-corrected chi connectivity index (χ1v) is 4.63. The second-order valence-corrected chi connectivity index (χ2v) is 4.27. The molecule has 0 aliphatic heterocycles. The second-order valence-electron chi connectivity index (χ2n) is 4.27. The molecular formula is C9H17BO. The Bertz CT molecular complexity index is 136. The smallest absolute Gasteiger partial charge is 0.118 e. The van der Waals surface area contributed by atoms with Crippen molar-refractivity contribution in [2.75, 3.05) is 0 Å². The van der Waals surface area contributed by atoms with Gasteiger partial charge in [-0.3, -0.25) is 0 Å². The zero-order chi connectivity index (χ0) is 8.32. The van der Waals surface area contributed by atoms with Crippen LogP contribution in [0.1, 0.15) is 39.0 Å². The average molecular weight is 152 g/mol. The van der Waals surface area contributed by atoms with Crippen LogP contribution in [0.3, 0.4) is 0 Å². The van der Waals surface area contributed by atoms with Gasteiger partial charge in [0.2, 0.25) is 0 Å². The molecule has 0 amide bonds. The molecule has 1 aliphatic carbocycles. The first kappa shape index (κ1) is 8.83. The van der Waals surface area contributed by atoms with E-state index in [4.69, 9.17) is 0 Å². The van der Waals surface area contributed by atoms with Crippen molar-refractivity contribution < 1.29 is 4.79 Å². The highest BCUT2D eigenvalue weighted by atomic mass is 16.1. The molecule has 1 atom stereocenters. The normalized spacial score (nSPS) is 25.9.